The first kappa shape index (κ1) is 17.7. The largest absolute Gasteiger partial charge is 0.325 e. The molecule has 2 N–H and O–H groups in total. The molecule has 6 nitrogen and oxygen atoms in total. The fourth-order valence-corrected chi connectivity index (χ4v) is 3.72. The van der Waals surface area contributed by atoms with Gasteiger partial charge in [-0.3, -0.25) is 14.5 Å². The molecular formula is C17H19ClFN3O3. The van der Waals surface area contributed by atoms with Crippen molar-refractivity contribution in [3.63, 3.8) is 0 Å². The van der Waals surface area contributed by atoms with Crippen LogP contribution in [0.4, 0.5) is 14.9 Å². The van der Waals surface area contributed by atoms with Gasteiger partial charge in [-0.1, -0.05) is 31.4 Å². The summed E-state index contributed by atoms with van der Waals surface area (Å²) < 4.78 is 13.8. The second-order valence-electron chi connectivity index (χ2n) is 6.61. The topological polar surface area (TPSA) is 78.5 Å². The van der Waals surface area contributed by atoms with Crippen LogP contribution < -0.4 is 10.6 Å². The van der Waals surface area contributed by atoms with Crippen molar-refractivity contribution in [1.29, 1.82) is 0 Å². The molecule has 1 heterocycles. The van der Waals surface area contributed by atoms with E-state index in [2.05, 4.69) is 10.6 Å². The van der Waals surface area contributed by atoms with E-state index in [1.165, 1.54) is 12.1 Å². The molecule has 0 radical (unpaired) electrons. The number of hydrogen-bond donors (Lipinski definition) is 2. The number of nitrogens with zero attached hydrogens (tertiary/aromatic N) is 1. The highest BCUT2D eigenvalue weighted by molar-refractivity contribution is 6.30. The average Bonchev–Trinajstić information content (AvgIpc) is 2.78. The van der Waals surface area contributed by atoms with E-state index in [-0.39, 0.29) is 22.5 Å². The number of benzene rings is 1. The summed E-state index contributed by atoms with van der Waals surface area (Å²) in [5.74, 6) is -1.70. The summed E-state index contributed by atoms with van der Waals surface area (Å²) in [6, 6.07) is 3.26. The Hall–Kier alpha value is -2.15. The van der Waals surface area contributed by atoms with Gasteiger partial charge in [0.15, 0.2) is 0 Å². The maximum absolute atomic E-state index is 13.8. The van der Waals surface area contributed by atoms with Crippen molar-refractivity contribution in [2.24, 2.45) is 5.92 Å². The van der Waals surface area contributed by atoms with Crippen LogP contribution in [0.5, 0.6) is 0 Å². The highest BCUT2D eigenvalue weighted by atomic mass is 35.5. The Morgan fingerprint density at radius 2 is 2.20 bits per heavy atom. The van der Waals surface area contributed by atoms with Crippen LogP contribution in [0.25, 0.3) is 0 Å². The van der Waals surface area contributed by atoms with Crippen LogP contribution >= 0.6 is 11.6 Å². The molecule has 1 aromatic rings. The number of carbonyl (C=O) groups excluding carboxylic acids is 3. The van der Waals surface area contributed by atoms with E-state index in [9.17, 15) is 18.8 Å². The number of nitrogens with one attached hydrogen (secondary N) is 2. The molecule has 0 aromatic heterocycles. The number of carbonyl (C=O) groups is 3. The minimum Gasteiger partial charge on any atom is -0.323 e. The SMILES string of the molecule is C[C@H]1CCCC[C@]12NC(=O)N(CC(=O)Nc1ccc(Cl)cc1F)C2=O. The Morgan fingerprint density at radius 3 is 2.88 bits per heavy atom. The predicted molar refractivity (Wildman–Crippen MR) is 90.6 cm³/mol. The molecule has 2 aliphatic rings. The van der Waals surface area contributed by atoms with Crippen LogP contribution in [0.3, 0.4) is 0 Å². The highest BCUT2D eigenvalue weighted by Crippen LogP contribution is 2.38. The third kappa shape index (κ3) is 3.20. The Balaban J connectivity index is 1.71. The molecule has 8 heteroatoms. The molecule has 2 atom stereocenters. The van der Waals surface area contributed by atoms with Gasteiger partial charge in [0.1, 0.15) is 17.9 Å². The number of amides is 4. The zero-order chi connectivity index (χ0) is 18.2. The van der Waals surface area contributed by atoms with Crippen LogP contribution in [-0.2, 0) is 9.59 Å². The van der Waals surface area contributed by atoms with Gasteiger partial charge in [0.25, 0.3) is 5.91 Å². The second-order valence-corrected chi connectivity index (χ2v) is 7.05. The van der Waals surface area contributed by atoms with Crippen LogP contribution in [0.1, 0.15) is 32.6 Å². The summed E-state index contributed by atoms with van der Waals surface area (Å²) in [5, 5.41) is 5.34. The third-order valence-electron chi connectivity index (χ3n) is 5.01. The molecule has 1 aliphatic carbocycles. The monoisotopic (exact) mass is 367 g/mol. The molecule has 25 heavy (non-hydrogen) atoms. The Morgan fingerprint density at radius 1 is 1.44 bits per heavy atom. The number of halogens is 2. The molecule has 1 saturated carbocycles. The number of anilines is 1. The predicted octanol–water partition coefficient (Wildman–Crippen LogP) is 2.92. The van der Waals surface area contributed by atoms with Crippen LogP contribution in [-0.4, -0.2) is 34.8 Å². The summed E-state index contributed by atoms with van der Waals surface area (Å²) in [7, 11) is 0. The van der Waals surface area contributed by atoms with E-state index in [1.54, 1.807) is 0 Å². The fraction of sp³-hybridized carbons (Fsp3) is 0.471. The summed E-state index contributed by atoms with van der Waals surface area (Å²) in [4.78, 5) is 38.1. The zero-order valence-corrected chi connectivity index (χ0v) is 14.5. The van der Waals surface area contributed by atoms with Crippen molar-refractivity contribution < 1.29 is 18.8 Å². The Bertz CT molecular complexity index is 742. The van der Waals surface area contributed by atoms with Gasteiger partial charge >= 0.3 is 6.03 Å². The van der Waals surface area contributed by atoms with Gasteiger partial charge in [0.05, 0.1) is 5.69 Å². The lowest BCUT2D eigenvalue weighted by molar-refractivity contribution is -0.136. The number of imide groups is 1. The normalized spacial score (nSPS) is 26.0. The lowest BCUT2D eigenvalue weighted by Gasteiger charge is -2.36. The minimum absolute atomic E-state index is 0.0134. The smallest absolute Gasteiger partial charge is 0.323 e. The number of rotatable bonds is 3. The van der Waals surface area contributed by atoms with Crippen molar-refractivity contribution in [3.05, 3.63) is 29.0 Å². The summed E-state index contributed by atoms with van der Waals surface area (Å²) in [5.41, 5.74) is -0.969. The van der Waals surface area contributed by atoms with Gasteiger partial charge < -0.3 is 10.6 Å². The molecule has 3 rings (SSSR count). The van der Waals surface area contributed by atoms with Crippen molar-refractivity contribution in [2.45, 2.75) is 38.1 Å². The van der Waals surface area contributed by atoms with Gasteiger partial charge in [-0.25, -0.2) is 9.18 Å². The Labute approximate surface area is 149 Å². The van der Waals surface area contributed by atoms with Gasteiger partial charge in [-0.2, -0.15) is 0 Å². The Kier molecular flexibility index (Phi) is 4.69. The molecular weight excluding hydrogens is 349 g/mol. The van der Waals surface area contributed by atoms with E-state index >= 15 is 0 Å². The zero-order valence-electron chi connectivity index (χ0n) is 13.8. The van der Waals surface area contributed by atoms with Crippen molar-refractivity contribution in [1.82, 2.24) is 10.2 Å². The van der Waals surface area contributed by atoms with Crippen LogP contribution in [0.2, 0.25) is 5.02 Å². The van der Waals surface area contributed by atoms with Crippen molar-refractivity contribution >= 4 is 35.1 Å². The van der Waals surface area contributed by atoms with Crippen LogP contribution in [0, 0.1) is 11.7 Å². The molecule has 0 bridgehead atoms. The molecule has 1 spiro atoms. The maximum Gasteiger partial charge on any atom is 0.325 e. The fourth-order valence-electron chi connectivity index (χ4n) is 3.56. The quantitative estimate of drug-likeness (QED) is 0.806. The maximum atomic E-state index is 13.8. The van der Waals surface area contributed by atoms with E-state index in [0.29, 0.717) is 6.42 Å². The van der Waals surface area contributed by atoms with Gasteiger partial charge in [-0.15, -0.1) is 0 Å². The second kappa shape index (κ2) is 6.63. The first-order valence-electron chi connectivity index (χ1n) is 8.22. The molecule has 2 fully saturated rings. The van der Waals surface area contributed by atoms with Gasteiger partial charge in [0.2, 0.25) is 5.91 Å². The summed E-state index contributed by atoms with van der Waals surface area (Å²) >= 11 is 5.67. The molecule has 1 saturated heterocycles. The molecule has 1 aromatic carbocycles. The molecule has 4 amide bonds. The molecule has 0 unspecified atom stereocenters. The highest BCUT2D eigenvalue weighted by Gasteiger charge is 2.55. The minimum atomic E-state index is -0.916. The van der Waals surface area contributed by atoms with E-state index in [1.807, 2.05) is 6.92 Å². The molecule has 1 aliphatic heterocycles. The van der Waals surface area contributed by atoms with Gasteiger partial charge in [-0.05, 0) is 37.0 Å². The number of hydrogen-bond acceptors (Lipinski definition) is 3. The van der Waals surface area contributed by atoms with E-state index < -0.39 is 29.8 Å². The molecule has 134 valence electrons. The number of urea groups is 1. The standard InChI is InChI=1S/C17H19ClFN3O3/c1-10-4-2-3-7-17(10)15(24)22(16(25)21-17)9-14(23)20-13-6-5-11(18)8-12(13)19/h5-6,8,10H,2-4,7,9H2,1H3,(H,20,23)(H,21,25)/t10-,17-/m0/s1. The van der Waals surface area contributed by atoms with Crippen LogP contribution in [0.15, 0.2) is 18.2 Å². The lowest BCUT2D eigenvalue weighted by Crippen LogP contribution is -2.54. The summed E-state index contributed by atoms with van der Waals surface area (Å²) in [6.45, 7) is 1.48. The summed E-state index contributed by atoms with van der Waals surface area (Å²) in [6.07, 6.45) is 3.29. The van der Waals surface area contributed by atoms with E-state index in [4.69, 9.17) is 11.6 Å². The average molecular weight is 368 g/mol. The first-order valence-corrected chi connectivity index (χ1v) is 8.60. The first-order chi connectivity index (χ1) is 11.8. The van der Waals surface area contributed by atoms with E-state index in [0.717, 1.165) is 30.2 Å². The van der Waals surface area contributed by atoms with Crippen molar-refractivity contribution in [3.8, 4) is 0 Å². The lowest BCUT2D eigenvalue weighted by atomic mass is 9.73. The third-order valence-corrected chi connectivity index (χ3v) is 5.24. The van der Waals surface area contributed by atoms with Gasteiger partial charge in [0, 0.05) is 5.02 Å². The van der Waals surface area contributed by atoms with Crippen molar-refractivity contribution in [2.75, 3.05) is 11.9 Å².